The van der Waals surface area contributed by atoms with Crippen molar-refractivity contribution >= 4 is 43.8 Å². The van der Waals surface area contributed by atoms with Crippen LogP contribution in [0.25, 0.3) is 6.08 Å². The van der Waals surface area contributed by atoms with Crippen LogP contribution >= 0.6 is 31.9 Å². The van der Waals surface area contributed by atoms with E-state index in [9.17, 15) is 10.1 Å². The summed E-state index contributed by atoms with van der Waals surface area (Å²) in [5.74, 6) is 1.38. The molecule has 0 saturated heterocycles. The quantitative estimate of drug-likeness (QED) is 0.245. The number of hydrogen-bond acceptors (Lipinski definition) is 5. The number of nitrogens with zero attached hydrogens (tertiary/aromatic N) is 1. The number of amides is 1. The third-order valence-electron chi connectivity index (χ3n) is 4.86. The Morgan fingerprint density at radius 3 is 2.35 bits per heavy atom. The van der Waals surface area contributed by atoms with Gasteiger partial charge >= 0.3 is 0 Å². The molecule has 0 fully saturated rings. The molecule has 0 aliphatic rings. The maximum atomic E-state index is 12.7. The molecule has 0 radical (unpaired) electrons. The highest BCUT2D eigenvalue weighted by Crippen LogP contribution is 2.36. The van der Waals surface area contributed by atoms with E-state index in [1.165, 1.54) is 6.08 Å². The van der Waals surface area contributed by atoms with Crippen molar-refractivity contribution in [1.82, 2.24) is 5.32 Å². The molecule has 0 aliphatic heterocycles. The van der Waals surface area contributed by atoms with Crippen LogP contribution in [-0.4, -0.2) is 20.1 Å². The molecular weight excluding hydrogens is 564 g/mol. The van der Waals surface area contributed by atoms with E-state index in [4.69, 9.17) is 14.2 Å². The Morgan fingerprint density at radius 1 is 1.03 bits per heavy atom. The van der Waals surface area contributed by atoms with Crippen LogP contribution < -0.4 is 19.5 Å². The van der Waals surface area contributed by atoms with Gasteiger partial charge in [0, 0.05) is 18.2 Å². The standard InChI is InChI=1S/C26H22Br2N2O4/c1-32-21-9-8-19(24(13-21)33-2)15-30-26(31)20(14-29)10-18-11-22(27)25(23(28)12-18)34-16-17-6-4-3-5-7-17/h3-13H,15-16H2,1-2H3,(H,30,31)/b20-10+. The van der Waals surface area contributed by atoms with Crippen LogP contribution in [0.5, 0.6) is 17.2 Å². The minimum Gasteiger partial charge on any atom is -0.497 e. The van der Waals surface area contributed by atoms with Gasteiger partial charge in [0.15, 0.2) is 0 Å². The summed E-state index contributed by atoms with van der Waals surface area (Å²) in [6.07, 6.45) is 1.52. The maximum Gasteiger partial charge on any atom is 0.262 e. The SMILES string of the molecule is COc1ccc(CNC(=O)/C(C#N)=C/c2cc(Br)c(OCc3ccccc3)c(Br)c2)c(OC)c1. The third kappa shape index (κ3) is 6.62. The Bertz CT molecular complexity index is 1210. The molecule has 6 nitrogen and oxygen atoms in total. The molecule has 1 N–H and O–H groups in total. The summed E-state index contributed by atoms with van der Waals surface area (Å²) in [4.78, 5) is 12.7. The van der Waals surface area contributed by atoms with E-state index < -0.39 is 5.91 Å². The summed E-state index contributed by atoms with van der Waals surface area (Å²) >= 11 is 7.03. The fourth-order valence-corrected chi connectivity index (χ4v) is 4.57. The first-order valence-corrected chi connectivity index (χ1v) is 11.8. The number of nitrogens with one attached hydrogen (secondary N) is 1. The van der Waals surface area contributed by atoms with Gasteiger partial charge in [-0.2, -0.15) is 5.26 Å². The topological polar surface area (TPSA) is 80.6 Å². The normalized spacial score (nSPS) is 10.9. The number of methoxy groups -OCH3 is 2. The summed E-state index contributed by atoms with van der Waals surface area (Å²) in [6, 6.07) is 20.7. The van der Waals surface area contributed by atoms with Crippen molar-refractivity contribution < 1.29 is 19.0 Å². The summed E-state index contributed by atoms with van der Waals surface area (Å²) < 4.78 is 17.9. The predicted octanol–water partition coefficient (Wildman–Crippen LogP) is 6.03. The second-order valence-corrected chi connectivity index (χ2v) is 8.83. The van der Waals surface area contributed by atoms with Crippen LogP contribution in [0.3, 0.4) is 0 Å². The van der Waals surface area contributed by atoms with Crippen LogP contribution in [0.15, 0.2) is 75.2 Å². The van der Waals surface area contributed by atoms with E-state index in [0.717, 1.165) is 11.1 Å². The first kappa shape index (κ1) is 25.3. The van der Waals surface area contributed by atoms with E-state index >= 15 is 0 Å². The molecule has 0 saturated carbocycles. The molecule has 0 spiro atoms. The molecule has 174 valence electrons. The first-order valence-electron chi connectivity index (χ1n) is 10.2. The highest BCUT2D eigenvalue weighted by atomic mass is 79.9. The Kier molecular flexibility index (Phi) is 9.14. The van der Waals surface area contributed by atoms with Crippen LogP contribution in [0.1, 0.15) is 16.7 Å². The molecule has 0 atom stereocenters. The van der Waals surface area contributed by atoms with Gasteiger partial charge in [0.05, 0.1) is 23.2 Å². The molecule has 34 heavy (non-hydrogen) atoms. The Hall–Kier alpha value is -3.28. The number of ether oxygens (including phenoxy) is 3. The average molecular weight is 586 g/mol. The number of nitriles is 1. The van der Waals surface area contributed by atoms with Gasteiger partial charge in [0.25, 0.3) is 5.91 Å². The van der Waals surface area contributed by atoms with Crippen molar-refractivity contribution in [1.29, 1.82) is 5.26 Å². The molecule has 3 aromatic carbocycles. The zero-order chi connectivity index (χ0) is 24.5. The highest BCUT2D eigenvalue weighted by Gasteiger charge is 2.14. The predicted molar refractivity (Wildman–Crippen MR) is 138 cm³/mol. The van der Waals surface area contributed by atoms with Crippen LogP contribution in [-0.2, 0) is 17.9 Å². The fraction of sp³-hybridized carbons (Fsp3) is 0.154. The third-order valence-corrected chi connectivity index (χ3v) is 6.03. The van der Waals surface area contributed by atoms with Gasteiger partial charge in [-0.3, -0.25) is 4.79 Å². The molecular formula is C26H22Br2N2O4. The first-order chi connectivity index (χ1) is 16.4. The average Bonchev–Trinajstić information content (AvgIpc) is 2.85. The van der Waals surface area contributed by atoms with E-state index in [0.29, 0.717) is 38.4 Å². The van der Waals surface area contributed by atoms with Crippen molar-refractivity contribution in [2.75, 3.05) is 14.2 Å². The molecule has 0 aromatic heterocycles. The van der Waals surface area contributed by atoms with Crippen LogP contribution in [0.4, 0.5) is 0 Å². The van der Waals surface area contributed by atoms with Gasteiger partial charge in [-0.25, -0.2) is 0 Å². The second kappa shape index (κ2) is 12.3. The van der Waals surface area contributed by atoms with Crippen molar-refractivity contribution in [3.63, 3.8) is 0 Å². The van der Waals surface area contributed by atoms with Crippen LogP contribution in [0.2, 0.25) is 0 Å². The molecule has 0 bridgehead atoms. The smallest absolute Gasteiger partial charge is 0.262 e. The van der Waals surface area contributed by atoms with Gasteiger partial charge < -0.3 is 19.5 Å². The van der Waals surface area contributed by atoms with Crippen molar-refractivity contribution in [2.45, 2.75) is 13.2 Å². The Balaban J connectivity index is 1.72. The van der Waals surface area contributed by atoms with Gasteiger partial charge in [0.1, 0.15) is 35.5 Å². The number of rotatable bonds is 9. The van der Waals surface area contributed by atoms with Crippen LogP contribution in [0, 0.1) is 11.3 Å². The van der Waals surface area contributed by atoms with E-state index in [2.05, 4.69) is 37.2 Å². The molecule has 1 amide bonds. The number of carbonyl (C=O) groups is 1. The van der Waals surface area contributed by atoms with E-state index in [1.54, 1.807) is 44.6 Å². The number of hydrogen-bond donors (Lipinski definition) is 1. The van der Waals surface area contributed by atoms with E-state index in [1.807, 2.05) is 36.4 Å². The summed E-state index contributed by atoms with van der Waals surface area (Å²) in [5.41, 5.74) is 2.45. The largest absolute Gasteiger partial charge is 0.497 e. The molecule has 3 aromatic rings. The lowest BCUT2D eigenvalue weighted by Gasteiger charge is -2.12. The summed E-state index contributed by atoms with van der Waals surface area (Å²) in [6.45, 7) is 0.610. The van der Waals surface area contributed by atoms with E-state index in [-0.39, 0.29) is 12.1 Å². The van der Waals surface area contributed by atoms with Crippen molar-refractivity contribution in [2.24, 2.45) is 0 Å². The lowest BCUT2D eigenvalue weighted by molar-refractivity contribution is -0.117. The Labute approximate surface area is 215 Å². The van der Waals surface area contributed by atoms with Gasteiger partial charge in [-0.05, 0) is 73.3 Å². The lowest BCUT2D eigenvalue weighted by Crippen LogP contribution is -2.24. The zero-order valence-corrected chi connectivity index (χ0v) is 21.8. The van der Waals surface area contributed by atoms with Gasteiger partial charge in [-0.1, -0.05) is 30.3 Å². The second-order valence-electron chi connectivity index (χ2n) is 7.12. The number of benzene rings is 3. The maximum absolute atomic E-state index is 12.7. The Morgan fingerprint density at radius 2 is 1.74 bits per heavy atom. The lowest BCUT2D eigenvalue weighted by atomic mass is 10.1. The number of carbonyl (C=O) groups excluding carboxylic acids is 1. The van der Waals surface area contributed by atoms with Crippen molar-refractivity contribution in [3.8, 4) is 23.3 Å². The van der Waals surface area contributed by atoms with Gasteiger partial charge in [0.2, 0.25) is 0 Å². The monoisotopic (exact) mass is 584 g/mol. The molecule has 8 heteroatoms. The summed E-state index contributed by atoms with van der Waals surface area (Å²) in [5, 5.41) is 12.3. The molecule has 0 aliphatic carbocycles. The highest BCUT2D eigenvalue weighted by molar-refractivity contribution is 9.11. The van der Waals surface area contributed by atoms with Crippen molar-refractivity contribution in [3.05, 3.63) is 91.9 Å². The fourth-order valence-electron chi connectivity index (χ4n) is 3.11. The summed E-state index contributed by atoms with van der Waals surface area (Å²) in [7, 11) is 3.11. The zero-order valence-electron chi connectivity index (χ0n) is 18.6. The minimum absolute atomic E-state index is 0.0239. The molecule has 0 heterocycles. The minimum atomic E-state index is -0.489. The molecule has 3 rings (SSSR count). The molecule has 0 unspecified atom stereocenters. The number of halogens is 2. The van der Waals surface area contributed by atoms with Gasteiger partial charge in [-0.15, -0.1) is 0 Å².